The Morgan fingerprint density at radius 3 is 2.25 bits per heavy atom. The predicted octanol–water partition coefficient (Wildman–Crippen LogP) is 3.45. The summed E-state index contributed by atoms with van der Waals surface area (Å²) in [4.78, 5) is 8.92. The maximum Gasteiger partial charge on any atom is 0.695 e. The molecule has 1 aromatic rings. The van der Waals surface area contributed by atoms with E-state index in [0.29, 0.717) is 6.42 Å². The van der Waals surface area contributed by atoms with Crippen molar-refractivity contribution in [3.05, 3.63) is 35.9 Å². The lowest BCUT2D eigenvalue weighted by molar-refractivity contribution is 0.0568. The third kappa shape index (κ3) is 3.67. The van der Waals surface area contributed by atoms with Crippen LogP contribution in [0.2, 0.25) is 0 Å². The largest absolute Gasteiger partial charge is 0.695 e. The lowest BCUT2D eigenvalue weighted by atomic mass is 9.90. The zero-order valence-corrected chi connectivity index (χ0v) is 10.6. The number of hydrogen-bond acceptors (Lipinski definition) is 2. The van der Waals surface area contributed by atoms with Gasteiger partial charge in [-0.2, -0.15) is 0 Å². The smallest absolute Gasteiger partial charge is 0.133 e. The Labute approximate surface area is 97.4 Å². The maximum atomic E-state index is 10.8. The molecule has 1 aromatic carbocycles. The van der Waals surface area contributed by atoms with E-state index in [-0.39, 0.29) is 0 Å². The fourth-order valence-corrected chi connectivity index (χ4v) is 2.45. The van der Waals surface area contributed by atoms with Crippen molar-refractivity contribution in [2.75, 3.05) is 0 Å². The first kappa shape index (κ1) is 13.3. The van der Waals surface area contributed by atoms with E-state index >= 15 is 0 Å². The minimum atomic E-state index is -2.55. The minimum Gasteiger partial charge on any atom is -0.133 e. The Morgan fingerprint density at radius 2 is 1.81 bits per heavy atom. The first-order valence-corrected chi connectivity index (χ1v) is 6.64. The Hall–Kier alpha value is -0.760. The van der Waals surface area contributed by atoms with Crippen molar-refractivity contribution in [2.45, 2.75) is 38.7 Å². The molecule has 16 heavy (non-hydrogen) atoms. The van der Waals surface area contributed by atoms with Crippen LogP contribution < -0.4 is 0 Å². The van der Waals surface area contributed by atoms with Gasteiger partial charge in [0.1, 0.15) is 5.60 Å². The first-order chi connectivity index (χ1) is 7.62. The van der Waals surface area contributed by atoms with E-state index in [1.54, 1.807) is 0 Å². The molecule has 88 valence electrons. The van der Waals surface area contributed by atoms with Gasteiger partial charge in [-0.1, -0.05) is 44.2 Å². The quantitative estimate of drug-likeness (QED) is 0.776. The van der Waals surface area contributed by atoms with Crippen LogP contribution in [-0.4, -0.2) is 10.5 Å². The van der Waals surface area contributed by atoms with Gasteiger partial charge in [-0.15, -0.1) is 9.42 Å². The molecule has 0 bridgehead atoms. The maximum absolute atomic E-state index is 10.8. The summed E-state index contributed by atoms with van der Waals surface area (Å²) in [6.07, 6.45) is 2.11. The molecule has 0 saturated heterocycles. The number of rotatable bonds is 6. The molecule has 1 rings (SSSR count). The van der Waals surface area contributed by atoms with Gasteiger partial charge in [-0.05, 0) is 18.4 Å². The molecule has 0 heterocycles. The molecule has 0 spiro atoms. The van der Waals surface area contributed by atoms with Gasteiger partial charge in [-0.25, -0.2) is 0 Å². The van der Waals surface area contributed by atoms with Crippen LogP contribution in [0.15, 0.2) is 30.3 Å². The average molecular weight is 241 g/mol. The molecule has 0 amide bonds. The van der Waals surface area contributed by atoms with Crippen molar-refractivity contribution in [1.82, 2.24) is 0 Å². The summed E-state index contributed by atoms with van der Waals surface area (Å²) < 4.78 is 16.1. The van der Waals surface area contributed by atoms with Crippen molar-refractivity contribution < 1.29 is 14.0 Å². The molecule has 4 heteroatoms. The second kappa shape index (κ2) is 6.09. The molecule has 1 unspecified atom stereocenters. The number of benzene rings is 1. The Kier molecular flexibility index (Phi) is 5.07. The van der Waals surface area contributed by atoms with Crippen LogP contribution in [0.25, 0.3) is 0 Å². The molecule has 1 N–H and O–H groups in total. The highest BCUT2D eigenvalue weighted by atomic mass is 31.1. The molecule has 0 aliphatic heterocycles. The minimum absolute atomic E-state index is 0.524. The van der Waals surface area contributed by atoms with E-state index in [0.717, 1.165) is 18.4 Å². The zero-order valence-electron chi connectivity index (χ0n) is 9.72. The summed E-state index contributed by atoms with van der Waals surface area (Å²) in [5, 5.41) is 0. The fraction of sp³-hybridized carbons (Fsp3) is 0.500. The highest BCUT2D eigenvalue weighted by molar-refractivity contribution is 7.32. The van der Waals surface area contributed by atoms with Gasteiger partial charge in [0.15, 0.2) is 0 Å². The summed E-state index contributed by atoms with van der Waals surface area (Å²) in [6, 6.07) is 9.90. The predicted molar refractivity (Wildman–Crippen MR) is 64.4 cm³/mol. The lowest BCUT2D eigenvalue weighted by Gasteiger charge is -2.24. The molecule has 0 fully saturated rings. The molecule has 1 atom stereocenters. The van der Waals surface area contributed by atoms with Crippen molar-refractivity contribution in [3.8, 4) is 0 Å². The van der Waals surface area contributed by atoms with Crippen molar-refractivity contribution in [1.29, 1.82) is 0 Å². The van der Waals surface area contributed by atoms with Gasteiger partial charge >= 0.3 is 8.25 Å². The average Bonchev–Trinajstić information content (AvgIpc) is 2.29. The number of hydrogen-bond donors (Lipinski definition) is 1. The molecule has 0 saturated carbocycles. The highest BCUT2D eigenvalue weighted by Gasteiger charge is 2.37. The van der Waals surface area contributed by atoms with E-state index < -0.39 is 13.9 Å². The van der Waals surface area contributed by atoms with Crippen molar-refractivity contribution in [2.24, 2.45) is 0 Å². The second-order valence-corrected chi connectivity index (χ2v) is 4.54. The zero-order chi connectivity index (χ0) is 12.0. The van der Waals surface area contributed by atoms with E-state index in [2.05, 4.69) is 0 Å². The van der Waals surface area contributed by atoms with Crippen LogP contribution in [0.5, 0.6) is 0 Å². The molecular weight excluding hydrogens is 223 g/mol. The second-order valence-electron chi connectivity index (χ2n) is 3.88. The standard InChI is InChI=1S/C12H17O3P/c1-3-12(4-2,15-16(13)14)10-11-8-6-5-7-9-11/h5-9H,3-4,10H2,1-2H3/p+1. The van der Waals surface area contributed by atoms with Crippen LogP contribution in [0, 0.1) is 0 Å². The van der Waals surface area contributed by atoms with Gasteiger partial charge in [0.2, 0.25) is 0 Å². The van der Waals surface area contributed by atoms with E-state index in [1.165, 1.54) is 0 Å². The molecule has 0 aliphatic rings. The normalized spacial score (nSPS) is 12.6. The van der Waals surface area contributed by atoms with Gasteiger partial charge in [0, 0.05) is 11.0 Å². The summed E-state index contributed by atoms with van der Waals surface area (Å²) in [6.45, 7) is 3.95. The molecule has 3 nitrogen and oxygen atoms in total. The van der Waals surface area contributed by atoms with Crippen LogP contribution in [0.4, 0.5) is 0 Å². The monoisotopic (exact) mass is 241 g/mol. The third-order valence-corrected chi connectivity index (χ3v) is 3.47. The van der Waals surface area contributed by atoms with Crippen LogP contribution >= 0.6 is 8.25 Å². The molecule has 0 aliphatic carbocycles. The molecule has 0 radical (unpaired) electrons. The van der Waals surface area contributed by atoms with Crippen molar-refractivity contribution in [3.63, 3.8) is 0 Å². The summed E-state index contributed by atoms with van der Waals surface area (Å²) in [5.74, 6) is 0. The van der Waals surface area contributed by atoms with Crippen LogP contribution in [0.3, 0.4) is 0 Å². The molecule has 0 aromatic heterocycles. The first-order valence-electron chi connectivity index (χ1n) is 5.51. The SMILES string of the molecule is CCC(CC)(Cc1ccccc1)O[P+](=O)O. The Morgan fingerprint density at radius 1 is 1.25 bits per heavy atom. The van der Waals surface area contributed by atoms with Gasteiger partial charge < -0.3 is 0 Å². The molecular formula is C12H18O3P+. The summed E-state index contributed by atoms with van der Waals surface area (Å²) in [5.41, 5.74) is 0.604. The van der Waals surface area contributed by atoms with E-state index in [1.807, 2.05) is 44.2 Å². The third-order valence-electron chi connectivity index (χ3n) is 2.93. The Balaban J connectivity index is 2.82. The van der Waals surface area contributed by atoms with E-state index in [4.69, 9.17) is 9.42 Å². The lowest BCUT2D eigenvalue weighted by Crippen LogP contribution is -2.31. The van der Waals surface area contributed by atoms with Gasteiger partial charge in [0.05, 0.1) is 0 Å². The van der Waals surface area contributed by atoms with Crippen LogP contribution in [-0.2, 0) is 15.5 Å². The highest BCUT2D eigenvalue weighted by Crippen LogP contribution is 2.34. The van der Waals surface area contributed by atoms with Gasteiger partial charge in [0.25, 0.3) is 0 Å². The van der Waals surface area contributed by atoms with E-state index in [9.17, 15) is 4.57 Å². The summed E-state index contributed by atoms with van der Waals surface area (Å²) >= 11 is 0. The Bertz CT molecular complexity index is 333. The van der Waals surface area contributed by atoms with Crippen LogP contribution in [0.1, 0.15) is 32.3 Å². The fourth-order valence-electron chi connectivity index (χ4n) is 1.79. The van der Waals surface area contributed by atoms with Gasteiger partial charge in [-0.3, -0.25) is 0 Å². The van der Waals surface area contributed by atoms with Crippen molar-refractivity contribution >= 4 is 8.25 Å². The summed E-state index contributed by atoms with van der Waals surface area (Å²) in [7, 11) is -2.55. The topological polar surface area (TPSA) is 46.5 Å².